The summed E-state index contributed by atoms with van der Waals surface area (Å²) in [7, 11) is 0. The Morgan fingerprint density at radius 3 is 2.77 bits per heavy atom. The summed E-state index contributed by atoms with van der Waals surface area (Å²) in [6.45, 7) is 0. The molecule has 0 atom stereocenters. The number of anilines is 1. The second-order valence-corrected chi connectivity index (χ2v) is 9.05. The maximum Gasteiger partial charge on any atom is 0.285 e. The van der Waals surface area contributed by atoms with Crippen molar-refractivity contribution in [1.82, 2.24) is 4.98 Å². The second kappa shape index (κ2) is 8.98. The summed E-state index contributed by atoms with van der Waals surface area (Å²) in [6, 6.07) is 11.4. The zero-order valence-corrected chi connectivity index (χ0v) is 17.9. The number of aliphatic imine (C=N–C) groups is 1. The van der Waals surface area contributed by atoms with Gasteiger partial charge in [-0.3, -0.25) is 9.59 Å². The molecule has 0 unspecified atom stereocenters. The molecule has 3 rings (SSSR count). The van der Waals surface area contributed by atoms with E-state index in [1.165, 1.54) is 23.5 Å². The number of hydrogen-bond donors (Lipinski definition) is 1. The number of nitrogens with zero attached hydrogens (tertiary/aromatic N) is 2. The molecule has 0 aliphatic carbocycles. The first-order valence-corrected chi connectivity index (χ1v) is 10.7. The van der Waals surface area contributed by atoms with Gasteiger partial charge in [0.25, 0.3) is 5.91 Å². The number of rotatable bonds is 4. The van der Waals surface area contributed by atoms with Crippen LogP contribution in [0.4, 0.5) is 5.82 Å². The van der Waals surface area contributed by atoms with Gasteiger partial charge in [-0.1, -0.05) is 53.9 Å². The minimum absolute atomic E-state index is 0.141. The number of thioether (sulfide) groups is 2. The van der Waals surface area contributed by atoms with Crippen molar-refractivity contribution in [3.63, 3.8) is 0 Å². The average Bonchev–Trinajstić information content (AvgIpc) is 2.96. The monoisotopic (exact) mass is 511 g/mol. The van der Waals surface area contributed by atoms with E-state index in [1.54, 1.807) is 18.3 Å². The standard InChI is InChI=1S/C17H11Br2N3O2S2/c18-11-7-12(19)15(20-8-11)21-14(23)9-25-17-22-16(24)13(26-17)6-10-4-2-1-3-5-10/h1-8H,9H2,(H,20,21,23). The highest BCUT2D eigenvalue weighted by molar-refractivity contribution is 9.11. The Morgan fingerprint density at radius 2 is 2.04 bits per heavy atom. The Balaban J connectivity index is 1.55. The average molecular weight is 513 g/mol. The van der Waals surface area contributed by atoms with Crippen LogP contribution < -0.4 is 5.32 Å². The van der Waals surface area contributed by atoms with Crippen molar-refractivity contribution >= 4 is 83.5 Å². The third kappa shape index (κ3) is 5.29. The molecule has 5 nitrogen and oxygen atoms in total. The molecule has 0 bridgehead atoms. The van der Waals surface area contributed by atoms with Crippen LogP contribution in [0.3, 0.4) is 0 Å². The first kappa shape index (κ1) is 19.3. The van der Waals surface area contributed by atoms with Gasteiger partial charge in [0.15, 0.2) is 0 Å². The van der Waals surface area contributed by atoms with Gasteiger partial charge < -0.3 is 5.32 Å². The van der Waals surface area contributed by atoms with Gasteiger partial charge in [0.05, 0.1) is 15.1 Å². The molecule has 2 aromatic rings. The third-order valence-electron chi connectivity index (χ3n) is 3.09. The van der Waals surface area contributed by atoms with Crippen molar-refractivity contribution in [2.75, 3.05) is 11.1 Å². The third-order valence-corrected chi connectivity index (χ3v) is 6.26. The number of nitrogens with one attached hydrogen (secondary N) is 1. The highest BCUT2D eigenvalue weighted by atomic mass is 79.9. The minimum atomic E-state index is -0.279. The Morgan fingerprint density at radius 1 is 1.27 bits per heavy atom. The predicted molar refractivity (Wildman–Crippen MR) is 115 cm³/mol. The van der Waals surface area contributed by atoms with Crippen molar-refractivity contribution in [1.29, 1.82) is 0 Å². The molecule has 1 aliphatic rings. The molecule has 132 valence electrons. The summed E-state index contributed by atoms with van der Waals surface area (Å²) in [5, 5.41) is 2.72. The molecule has 0 saturated heterocycles. The van der Waals surface area contributed by atoms with Gasteiger partial charge in [-0.25, -0.2) is 4.98 Å². The fourth-order valence-electron chi connectivity index (χ4n) is 1.95. The van der Waals surface area contributed by atoms with Gasteiger partial charge in [-0.15, -0.1) is 0 Å². The molecule has 2 amide bonds. The summed E-state index contributed by atoms with van der Waals surface area (Å²) in [5.74, 6) is 0.0865. The second-order valence-electron chi connectivity index (χ2n) is 5.03. The molecule has 1 aromatic heterocycles. The van der Waals surface area contributed by atoms with Gasteiger partial charge in [-0.05, 0) is 49.6 Å². The molecule has 0 radical (unpaired) electrons. The first-order chi connectivity index (χ1) is 12.5. The van der Waals surface area contributed by atoms with E-state index in [1.807, 2.05) is 30.3 Å². The summed E-state index contributed by atoms with van der Waals surface area (Å²) in [4.78, 5) is 32.8. The van der Waals surface area contributed by atoms with Crippen LogP contribution in [0.25, 0.3) is 6.08 Å². The Labute approximate surface area is 175 Å². The number of aromatic nitrogens is 1. The van der Waals surface area contributed by atoms with Crippen molar-refractivity contribution in [2.45, 2.75) is 0 Å². The Kier molecular flexibility index (Phi) is 6.68. The van der Waals surface area contributed by atoms with Gasteiger partial charge in [0.1, 0.15) is 10.2 Å². The van der Waals surface area contributed by atoms with Crippen molar-refractivity contribution in [3.8, 4) is 0 Å². The van der Waals surface area contributed by atoms with Crippen molar-refractivity contribution < 1.29 is 9.59 Å². The first-order valence-electron chi connectivity index (χ1n) is 7.32. The topological polar surface area (TPSA) is 71.4 Å². The highest BCUT2D eigenvalue weighted by Crippen LogP contribution is 2.33. The van der Waals surface area contributed by atoms with E-state index in [-0.39, 0.29) is 17.6 Å². The fraction of sp³-hybridized carbons (Fsp3) is 0.0588. The zero-order chi connectivity index (χ0) is 18.5. The maximum absolute atomic E-state index is 12.1. The summed E-state index contributed by atoms with van der Waals surface area (Å²) in [6.07, 6.45) is 3.40. The quantitative estimate of drug-likeness (QED) is 0.587. The lowest BCUT2D eigenvalue weighted by atomic mass is 10.2. The van der Waals surface area contributed by atoms with Gasteiger partial charge in [0, 0.05) is 10.7 Å². The van der Waals surface area contributed by atoms with E-state index in [2.05, 4.69) is 47.2 Å². The smallest absolute Gasteiger partial charge is 0.285 e. The van der Waals surface area contributed by atoms with Gasteiger partial charge in [0.2, 0.25) is 5.91 Å². The lowest BCUT2D eigenvalue weighted by Gasteiger charge is -2.06. The van der Waals surface area contributed by atoms with E-state index >= 15 is 0 Å². The van der Waals surface area contributed by atoms with Crippen LogP contribution in [0.1, 0.15) is 5.56 Å². The highest BCUT2D eigenvalue weighted by Gasteiger charge is 2.23. The molecule has 1 aromatic carbocycles. The number of amides is 2. The van der Waals surface area contributed by atoms with Crippen LogP contribution in [-0.4, -0.2) is 26.9 Å². The van der Waals surface area contributed by atoms with Crippen LogP contribution >= 0.6 is 55.4 Å². The molecule has 0 spiro atoms. The van der Waals surface area contributed by atoms with Crippen LogP contribution in [0.5, 0.6) is 0 Å². The summed E-state index contributed by atoms with van der Waals surface area (Å²) >= 11 is 9.16. The predicted octanol–water partition coefficient (Wildman–Crippen LogP) is 4.95. The van der Waals surface area contributed by atoms with E-state index in [9.17, 15) is 9.59 Å². The molecule has 1 aliphatic heterocycles. The number of halogens is 2. The number of carbonyl (C=O) groups excluding carboxylic acids is 2. The van der Waals surface area contributed by atoms with E-state index in [0.717, 1.165) is 10.0 Å². The van der Waals surface area contributed by atoms with Crippen LogP contribution in [0.2, 0.25) is 0 Å². The number of pyridine rings is 1. The van der Waals surface area contributed by atoms with Crippen molar-refractivity contribution in [2.24, 2.45) is 4.99 Å². The molecule has 0 fully saturated rings. The number of carbonyl (C=O) groups is 2. The molecular formula is C17H11Br2N3O2S2. The number of hydrogen-bond acceptors (Lipinski definition) is 5. The minimum Gasteiger partial charge on any atom is -0.309 e. The van der Waals surface area contributed by atoms with E-state index in [4.69, 9.17) is 0 Å². The fourth-order valence-corrected chi connectivity index (χ4v) is 4.84. The largest absolute Gasteiger partial charge is 0.309 e. The molecule has 0 saturated carbocycles. The lowest BCUT2D eigenvalue weighted by molar-refractivity contribution is -0.114. The van der Waals surface area contributed by atoms with Gasteiger partial charge >= 0.3 is 0 Å². The normalized spacial score (nSPS) is 15.2. The summed E-state index contributed by atoms with van der Waals surface area (Å²) in [5.41, 5.74) is 0.939. The van der Waals surface area contributed by atoms with Crippen LogP contribution in [0, 0.1) is 0 Å². The molecule has 2 heterocycles. The molecule has 9 heteroatoms. The molecule has 26 heavy (non-hydrogen) atoms. The van der Waals surface area contributed by atoms with Crippen molar-refractivity contribution in [3.05, 3.63) is 62.0 Å². The SMILES string of the molecule is O=C(CSC1=NC(=O)C(=Cc2ccccc2)S1)Nc1ncc(Br)cc1Br. The molecular weight excluding hydrogens is 502 g/mol. The van der Waals surface area contributed by atoms with Crippen LogP contribution in [-0.2, 0) is 9.59 Å². The lowest BCUT2D eigenvalue weighted by Crippen LogP contribution is -2.16. The number of benzene rings is 1. The zero-order valence-electron chi connectivity index (χ0n) is 13.1. The Hall–Kier alpha value is -1.42. The van der Waals surface area contributed by atoms with Gasteiger partial charge in [-0.2, -0.15) is 4.99 Å². The molecule has 1 N–H and O–H groups in total. The van der Waals surface area contributed by atoms with E-state index < -0.39 is 0 Å². The van der Waals surface area contributed by atoms with E-state index in [0.29, 0.717) is 19.6 Å². The maximum atomic E-state index is 12.1. The summed E-state index contributed by atoms with van der Waals surface area (Å²) < 4.78 is 2.06. The Bertz CT molecular complexity index is 917. The van der Waals surface area contributed by atoms with Crippen LogP contribution in [0.15, 0.2) is 61.4 Å².